The molecule has 1 aromatic carbocycles. The molecule has 1 aliphatic rings. The van der Waals surface area contributed by atoms with Crippen molar-refractivity contribution in [3.8, 4) is 0 Å². The molecule has 2 rings (SSSR count). The van der Waals surface area contributed by atoms with Gasteiger partial charge < -0.3 is 5.32 Å². The highest BCUT2D eigenvalue weighted by molar-refractivity contribution is 7.99. The van der Waals surface area contributed by atoms with Crippen molar-refractivity contribution < 1.29 is 4.39 Å². The van der Waals surface area contributed by atoms with E-state index in [1.807, 2.05) is 6.07 Å². The average molecular weight is 239 g/mol. The summed E-state index contributed by atoms with van der Waals surface area (Å²) in [5.41, 5.74) is 0. The van der Waals surface area contributed by atoms with Crippen LogP contribution in [0.25, 0.3) is 0 Å². The number of thioether (sulfide) groups is 1. The van der Waals surface area contributed by atoms with Gasteiger partial charge in [-0.15, -0.1) is 11.8 Å². The Kier molecular flexibility index (Phi) is 4.24. The topological polar surface area (TPSA) is 12.0 Å². The lowest BCUT2D eigenvalue weighted by Gasteiger charge is -2.16. The van der Waals surface area contributed by atoms with Gasteiger partial charge in [0.15, 0.2) is 0 Å². The number of hydrogen-bond acceptors (Lipinski definition) is 2. The standard InChI is InChI=1S/C13H18FNS/c1-2-15-13(10-6-7-10)9-16-12-5-3-4-11(14)8-12/h3-5,8,10,13,15H,2,6-7,9H2,1H3. The van der Waals surface area contributed by atoms with E-state index < -0.39 is 0 Å². The minimum atomic E-state index is -0.142. The van der Waals surface area contributed by atoms with Crippen molar-refractivity contribution in [2.45, 2.75) is 30.7 Å². The van der Waals surface area contributed by atoms with Gasteiger partial charge in [0.25, 0.3) is 0 Å². The van der Waals surface area contributed by atoms with Gasteiger partial charge in [0, 0.05) is 16.7 Å². The molecular weight excluding hydrogens is 221 g/mol. The van der Waals surface area contributed by atoms with E-state index in [-0.39, 0.29) is 5.82 Å². The molecular formula is C13H18FNS. The molecule has 0 aliphatic heterocycles. The van der Waals surface area contributed by atoms with Crippen LogP contribution in [0.15, 0.2) is 29.2 Å². The van der Waals surface area contributed by atoms with Gasteiger partial charge in [-0.2, -0.15) is 0 Å². The van der Waals surface area contributed by atoms with Crippen LogP contribution in [0.4, 0.5) is 4.39 Å². The number of halogens is 1. The third-order valence-electron chi connectivity index (χ3n) is 2.88. The van der Waals surface area contributed by atoms with Crippen LogP contribution < -0.4 is 5.32 Å². The zero-order valence-corrected chi connectivity index (χ0v) is 10.4. The van der Waals surface area contributed by atoms with Gasteiger partial charge in [0.05, 0.1) is 0 Å². The van der Waals surface area contributed by atoms with Gasteiger partial charge in [0.1, 0.15) is 5.82 Å². The molecule has 16 heavy (non-hydrogen) atoms. The van der Waals surface area contributed by atoms with Gasteiger partial charge in [-0.25, -0.2) is 4.39 Å². The first kappa shape index (κ1) is 11.9. The van der Waals surface area contributed by atoms with E-state index in [4.69, 9.17) is 0 Å². The van der Waals surface area contributed by atoms with Gasteiger partial charge in [-0.05, 0) is 43.5 Å². The second-order valence-corrected chi connectivity index (χ2v) is 5.36. The van der Waals surface area contributed by atoms with Crippen LogP contribution in [0.2, 0.25) is 0 Å². The molecule has 1 nitrogen and oxygen atoms in total. The Morgan fingerprint density at radius 2 is 2.31 bits per heavy atom. The third-order valence-corrected chi connectivity index (χ3v) is 4.00. The first-order valence-corrected chi connectivity index (χ1v) is 6.90. The summed E-state index contributed by atoms with van der Waals surface area (Å²) in [6.07, 6.45) is 2.70. The summed E-state index contributed by atoms with van der Waals surface area (Å²) in [6.45, 7) is 3.16. The lowest BCUT2D eigenvalue weighted by Crippen LogP contribution is -2.33. The van der Waals surface area contributed by atoms with Crippen LogP contribution in [-0.2, 0) is 0 Å². The summed E-state index contributed by atoms with van der Waals surface area (Å²) in [5.74, 6) is 1.75. The Bertz CT molecular complexity index is 338. The predicted molar refractivity (Wildman–Crippen MR) is 67.3 cm³/mol. The fraction of sp³-hybridized carbons (Fsp3) is 0.538. The summed E-state index contributed by atoms with van der Waals surface area (Å²) in [7, 11) is 0. The quantitative estimate of drug-likeness (QED) is 0.764. The van der Waals surface area contributed by atoms with E-state index in [2.05, 4.69) is 12.2 Å². The summed E-state index contributed by atoms with van der Waals surface area (Å²) in [5, 5.41) is 3.51. The molecule has 3 heteroatoms. The molecule has 1 fully saturated rings. The van der Waals surface area contributed by atoms with Gasteiger partial charge >= 0.3 is 0 Å². The SMILES string of the molecule is CCNC(CSc1cccc(F)c1)C1CC1. The second-order valence-electron chi connectivity index (χ2n) is 4.27. The second kappa shape index (κ2) is 5.69. The Morgan fingerprint density at radius 3 is 2.94 bits per heavy atom. The Balaban J connectivity index is 1.85. The van der Waals surface area contributed by atoms with Gasteiger partial charge in [-0.1, -0.05) is 13.0 Å². The van der Waals surface area contributed by atoms with Crippen molar-refractivity contribution in [2.24, 2.45) is 5.92 Å². The maximum atomic E-state index is 13.0. The highest BCUT2D eigenvalue weighted by Crippen LogP contribution is 2.35. The van der Waals surface area contributed by atoms with Gasteiger partial charge in [-0.3, -0.25) is 0 Å². The maximum Gasteiger partial charge on any atom is 0.124 e. The number of rotatable bonds is 6. The first-order chi connectivity index (χ1) is 7.79. The molecule has 88 valence electrons. The zero-order chi connectivity index (χ0) is 11.4. The van der Waals surface area contributed by atoms with Crippen LogP contribution in [-0.4, -0.2) is 18.3 Å². The number of benzene rings is 1. The van der Waals surface area contributed by atoms with E-state index in [1.165, 1.54) is 18.9 Å². The zero-order valence-electron chi connectivity index (χ0n) is 9.58. The van der Waals surface area contributed by atoms with Gasteiger partial charge in [0.2, 0.25) is 0 Å². The van der Waals surface area contributed by atoms with E-state index in [9.17, 15) is 4.39 Å². The summed E-state index contributed by atoms with van der Waals surface area (Å²) in [4.78, 5) is 1.03. The van der Waals surface area contributed by atoms with E-state index in [1.54, 1.807) is 23.9 Å². The third kappa shape index (κ3) is 3.49. The Hall–Kier alpha value is -0.540. The Labute approximate surface area is 101 Å². The van der Waals surface area contributed by atoms with Crippen molar-refractivity contribution >= 4 is 11.8 Å². The molecule has 1 aromatic rings. The van der Waals surface area contributed by atoms with E-state index >= 15 is 0 Å². The minimum absolute atomic E-state index is 0.142. The molecule has 0 saturated heterocycles. The average Bonchev–Trinajstić information content (AvgIpc) is 3.08. The summed E-state index contributed by atoms with van der Waals surface area (Å²) in [6, 6.07) is 7.45. The molecule has 1 atom stereocenters. The fourth-order valence-electron chi connectivity index (χ4n) is 1.87. The molecule has 0 aromatic heterocycles. The number of nitrogens with one attached hydrogen (secondary N) is 1. The molecule has 0 amide bonds. The number of hydrogen-bond donors (Lipinski definition) is 1. The fourth-order valence-corrected chi connectivity index (χ4v) is 3.00. The normalized spacial score (nSPS) is 17.4. The Morgan fingerprint density at radius 1 is 1.50 bits per heavy atom. The molecule has 0 heterocycles. The maximum absolute atomic E-state index is 13.0. The van der Waals surface area contributed by atoms with Crippen molar-refractivity contribution in [2.75, 3.05) is 12.3 Å². The molecule has 0 bridgehead atoms. The lowest BCUT2D eigenvalue weighted by molar-refractivity contribution is 0.519. The molecule has 0 radical (unpaired) electrons. The highest BCUT2D eigenvalue weighted by atomic mass is 32.2. The largest absolute Gasteiger partial charge is 0.313 e. The van der Waals surface area contributed by atoms with E-state index in [0.717, 1.165) is 23.1 Å². The summed E-state index contributed by atoms with van der Waals surface area (Å²) < 4.78 is 13.0. The van der Waals surface area contributed by atoms with Crippen LogP contribution >= 0.6 is 11.8 Å². The monoisotopic (exact) mass is 239 g/mol. The minimum Gasteiger partial charge on any atom is -0.313 e. The van der Waals surface area contributed by atoms with Crippen LogP contribution in [0.5, 0.6) is 0 Å². The van der Waals surface area contributed by atoms with E-state index in [0.29, 0.717) is 6.04 Å². The molecule has 1 aliphatic carbocycles. The summed E-state index contributed by atoms with van der Waals surface area (Å²) >= 11 is 1.75. The predicted octanol–water partition coefficient (Wildman–Crippen LogP) is 3.31. The van der Waals surface area contributed by atoms with Crippen LogP contribution in [0.3, 0.4) is 0 Å². The van der Waals surface area contributed by atoms with Crippen LogP contribution in [0.1, 0.15) is 19.8 Å². The van der Waals surface area contributed by atoms with Crippen molar-refractivity contribution in [3.05, 3.63) is 30.1 Å². The molecule has 0 spiro atoms. The lowest BCUT2D eigenvalue weighted by atomic mass is 10.2. The molecule has 1 saturated carbocycles. The molecule has 1 unspecified atom stereocenters. The first-order valence-electron chi connectivity index (χ1n) is 5.91. The van der Waals surface area contributed by atoms with Crippen LogP contribution in [0, 0.1) is 11.7 Å². The van der Waals surface area contributed by atoms with Crippen molar-refractivity contribution in [1.82, 2.24) is 5.32 Å². The van der Waals surface area contributed by atoms with Crippen molar-refractivity contribution in [3.63, 3.8) is 0 Å². The highest BCUT2D eigenvalue weighted by Gasteiger charge is 2.30. The smallest absolute Gasteiger partial charge is 0.124 e. The van der Waals surface area contributed by atoms with Crippen molar-refractivity contribution in [1.29, 1.82) is 0 Å². The molecule has 1 N–H and O–H groups in total.